The Hall–Kier alpha value is -1.53. The lowest BCUT2D eigenvalue weighted by Gasteiger charge is -2.11. The van der Waals surface area contributed by atoms with Gasteiger partial charge in [0.1, 0.15) is 9.86 Å². The quantitative estimate of drug-likeness (QED) is 0.312. The molecule has 1 amide bonds. The summed E-state index contributed by atoms with van der Waals surface area (Å²) in [4.78, 5) is 24.4. The second-order valence-electron chi connectivity index (χ2n) is 6.41. The van der Waals surface area contributed by atoms with Crippen LogP contribution in [-0.4, -0.2) is 31.8 Å². The van der Waals surface area contributed by atoms with Crippen LogP contribution < -0.4 is 5.73 Å². The Morgan fingerprint density at radius 1 is 1.14 bits per heavy atom. The van der Waals surface area contributed by atoms with Crippen molar-refractivity contribution in [1.29, 1.82) is 0 Å². The summed E-state index contributed by atoms with van der Waals surface area (Å²) in [5.74, 6) is 0.612. The topological polar surface area (TPSA) is 94.7 Å². The van der Waals surface area contributed by atoms with Crippen LogP contribution in [0.25, 0.3) is 20.9 Å². The lowest BCUT2D eigenvalue weighted by molar-refractivity contribution is -0.115. The zero-order valence-electron chi connectivity index (χ0n) is 15.1. The van der Waals surface area contributed by atoms with Gasteiger partial charge in [0.15, 0.2) is 14.5 Å². The second kappa shape index (κ2) is 8.31. The van der Waals surface area contributed by atoms with Crippen molar-refractivity contribution in [3.8, 4) is 10.7 Å². The lowest BCUT2D eigenvalue weighted by Crippen LogP contribution is -2.12. The van der Waals surface area contributed by atoms with Crippen molar-refractivity contribution >= 4 is 73.7 Å². The van der Waals surface area contributed by atoms with E-state index in [0.29, 0.717) is 0 Å². The van der Waals surface area contributed by atoms with Crippen LogP contribution in [0.4, 0.5) is 0 Å². The first-order valence-corrected chi connectivity index (χ1v) is 13.3. The maximum Gasteiger partial charge on any atom is 0.227 e. The van der Waals surface area contributed by atoms with Crippen LogP contribution in [0.1, 0.15) is 23.3 Å². The van der Waals surface area contributed by atoms with Gasteiger partial charge in [0.05, 0.1) is 10.6 Å². The summed E-state index contributed by atoms with van der Waals surface area (Å²) in [5, 5.41) is 12.6. The molecular formula is C18H15N5OS5. The van der Waals surface area contributed by atoms with Gasteiger partial charge in [-0.2, -0.15) is 0 Å². The van der Waals surface area contributed by atoms with E-state index in [9.17, 15) is 4.79 Å². The van der Waals surface area contributed by atoms with E-state index in [2.05, 4.69) is 16.3 Å². The van der Waals surface area contributed by atoms with Crippen LogP contribution in [-0.2, 0) is 17.6 Å². The number of thiophene rings is 2. The lowest BCUT2D eigenvalue weighted by atomic mass is 9.97. The van der Waals surface area contributed by atoms with Gasteiger partial charge < -0.3 is 5.73 Å². The first-order chi connectivity index (χ1) is 14.2. The number of amides is 1. The third-order valence-corrected chi connectivity index (χ3v) is 9.60. The standard InChI is InChI=1S/C18H15N5OS5/c19-12(24)8-26-17-22-23-18(29-17)28-16-13-9-4-1-2-5-10(9)27-15(13)20-14(21-16)11-6-3-7-25-11/h3,6-7H,1-2,4-5,8H2,(H2,19,24). The van der Waals surface area contributed by atoms with Crippen LogP contribution in [0, 0.1) is 0 Å². The smallest absolute Gasteiger partial charge is 0.227 e. The minimum Gasteiger partial charge on any atom is -0.369 e. The number of aryl methyl sites for hydroxylation is 2. The number of carbonyl (C=O) groups is 1. The van der Waals surface area contributed by atoms with Crippen LogP contribution >= 0.6 is 57.5 Å². The number of thioether (sulfide) groups is 1. The molecule has 0 spiro atoms. The van der Waals surface area contributed by atoms with Crippen molar-refractivity contribution in [3.05, 3.63) is 28.0 Å². The number of fused-ring (bicyclic) bond motifs is 3. The highest BCUT2D eigenvalue weighted by molar-refractivity contribution is 8.03. The Balaban J connectivity index is 1.56. The minimum atomic E-state index is -0.359. The molecule has 29 heavy (non-hydrogen) atoms. The summed E-state index contributed by atoms with van der Waals surface area (Å²) < 4.78 is 1.55. The predicted octanol–water partition coefficient (Wildman–Crippen LogP) is 4.88. The van der Waals surface area contributed by atoms with Crippen molar-refractivity contribution in [1.82, 2.24) is 20.2 Å². The van der Waals surface area contributed by atoms with Crippen molar-refractivity contribution in [2.24, 2.45) is 5.73 Å². The summed E-state index contributed by atoms with van der Waals surface area (Å²) in [6, 6.07) is 4.07. The van der Waals surface area contributed by atoms with Crippen molar-refractivity contribution < 1.29 is 4.79 Å². The van der Waals surface area contributed by atoms with E-state index in [1.165, 1.54) is 63.5 Å². The molecule has 1 aliphatic rings. The molecule has 11 heteroatoms. The molecule has 4 aromatic rings. The van der Waals surface area contributed by atoms with Crippen LogP contribution in [0.5, 0.6) is 0 Å². The molecule has 4 heterocycles. The van der Waals surface area contributed by atoms with Gasteiger partial charge >= 0.3 is 0 Å². The summed E-state index contributed by atoms with van der Waals surface area (Å²) in [6.07, 6.45) is 4.66. The SMILES string of the molecule is NC(=O)CSc1nnc(Sc2nc(-c3cccs3)nc3sc4c(c23)CCCC4)s1. The van der Waals surface area contributed by atoms with Gasteiger partial charge in [-0.3, -0.25) is 4.79 Å². The zero-order chi connectivity index (χ0) is 19.8. The Morgan fingerprint density at radius 3 is 2.83 bits per heavy atom. The summed E-state index contributed by atoms with van der Waals surface area (Å²) >= 11 is 7.77. The molecule has 0 aliphatic heterocycles. The van der Waals surface area contributed by atoms with Gasteiger partial charge in [0.25, 0.3) is 0 Å². The van der Waals surface area contributed by atoms with E-state index in [1.807, 2.05) is 11.4 Å². The molecule has 0 saturated heterocycles. The van der Waals surface area contributed by atoms with E-state index < -0.39 is 0 Å². The Kier molecular flexibility index (Phi) is 5.57. The Bertz CT molecular complexity index is 1180. The third-order valence-electron chi connectivity index (χ3n) is 4.43. The van der Waals surface area contributed by atoms with Crippen molar-refractivity contribution in [2.75, 3.05) is 5.75 Å². The number of primary amides is 1. The van der Waals surface area contributed by atoms with Gasteiger partial charge in [0.2, 0.25) is 5.91 Å². The molecule has 1 aliphatic carbocycles. The molecule has 0 atom stereocenters. The average molecular weight is 478 g/mol. The summed E-state index contributed by atoms with van der Waals surface area (Å²) in [6.45, 7) is 0. The van der Waals surface area contributed by atoms with E-state index in [0.717, 1.165) is 42.1 Å². The maximum atomic E-state index is 11.0. The summed E-state index contributed by atoms with van der Waals surface area (Å²) in [7, 11) is 0. The zero-order valence-corrected chi connectivity index (χ0v) is 19.2. The highest BCUT2D eigenvalue weighted by atomic mass is 32.2. The van der Waals surface area contributed by atoms with E-state index in [-0.39, 0.29) is 11.7 Å². The molecule has 4 aromatic heterocycles. The fourth-order valence-electron chi connectivity index (χ4n) is 3.23. The van der Waals surface area contributed by atoms with E-state index >= 15 is 0 Å². The van der Waals surface area contributed by atoms with E-state index in [4.69, 9.17) is 15.7 Å². The number of nitrogens with two attached hydrogens (primary N) is 1. The van der Waals surface area contributed by atoms with Gasteiger partial charge in [0, 0.05) is 10.3 Å². The van der Waals surface area contributed by atoms with Crippen LogP contribution in [0.15, 0.2) is 31.2 Å². The highest BCUT2D eigenvalue weighted by Crippen LogP contribution is 2.43. The maximum absolute atomic E-state index is 11.0. The van der Waals surface area contributed by atoms with Gasteiger partial charge in [-0.05, 0) is 54.5 Å². The number of nitrogens with zero attached hydrogens (tertiary/aromatic N) is 4. The number of rotatable bonds is 6. The molecule has 6 nitrogen and oxygen atoms in total. The Morgan fingerprint density at radius 2 is 2.00 bits per heavy atom. The highest BCUT2D eigenvalue weighted by Gasteiger charge is 2.23. The summed E-state index contributed by atoms with van der Waals surface area (Å²) in [5.41, 5.74) is 6.63. The number of hydrogen-bond acceptors (Lipinski definition) is 10. The first kappa shape index (κ1) is 19.4. The normalized spacial score (nSPS) is 13.7. The molecule has 148 valence electrons. The largest absolute Gasteiger partial charge is 0.369 e. The molecule has 0 saturated carbocycles. The number of aromatic nitrogens is 4. The molecule has 5 rings (SSSR count). The predicted molar refractivity (Wildman–Crippen MR) is 121 cm³/mol. The van der Waals surface area contributed by atoms with Crippen LogP contribution in [0.2, 0.25) is 0 Å². The van der Waals surface area contributed by atoms with Gasteiger partial charge in [-0.1, -0.05) is 29.2 Å². The van der Waals surface area contributed by atoms with Gasteiger partial charge in [-0.15, -0.1) is 32.9 Å². The van der Waals surface area contributed by atoms with Crippen molar-refractivity contribution in [3.63, 3.8) is 0 Å². The molecular weight excluding hydrogens is 463 g/mol. The Labute approximate surface area is 187 Å². The van der Waals surface area contributed by atoms with Gasteiger partial charge in [-0.25, -0.2) is 9.97 Å². The minimum absolute atomic E-state index is 0.206. The average Bonchev–Trinajstić information content (AvgIpc) is 3.45. The third kappa shape index (κ3) is 4.06. The number of carbonyl (C=O) groups excluding carboxylic acids is 1. The fraction of sp³-hybridized carbons (Fsp3) is 0.278. The van der Waals surface area contributed by atoms with E-state index in [1.54, 1.807) is 22.7 Å². The number of hydrogen-bond donors (Lipinski definition) is 1. The second-order valence-corrected chi connectivity index (χ2v) is 11.9. The molecule has 0 radical (unpaired) electrons. The fourth-order valence-corrected chi connectivity index (χ4v) is 8.04. The molecule has 0 unspecified atom stereocenters. The van der Waals surface area contributed by atoms with Crippen molar-refractivity contribution in [2.45, 2.75) is 39.4 Å². The molecule has 0 bridgehead atoms. The molecule has 2 N–H and O–H groups in total. The first-order valence-electron chi connectivity index (χ1n) is 8.96. The monoisotopic (exact) mass is 477 g/mol. The molecule has 0 aromatic carbocycles. The molecule has 0 fully saturated rings. The van der Waals surface area contributed by atoms with Crippen LogP contribution in [0.3, 0.4) is 0 Å².